The number of urea groups is 1. The van der Waals surface area contributed by atoms with Crippen LogP contribution in [0.25, 0.3) is 0 Å². The number of hydrogen-bond donors (Lipinski definition) is 1. The third-order valence-electron chi connectivity index (χ3n) is 5.24. The van der Waals surface area contributed by atoms with Gasteiger partial charge in [0.15, 0.2) is 5.82 Å². The van der Waals surface area contributed by atoms with Crippen LogP contribution >= 0.6 is 11.6 Å². The van der Waals surface area contributed by atoms with E-state index in [9.17, 15) is 9.18 Å². The normalized spacial score (nSPS) is 17.3. The number of fused-ring (bicyclic) bond motifs is 1. The van der Waals surface area contributed by atoms with Crippen LogP contribution < -0.4 is 15.2 Å². The van der Waals surface area contributed by atoms with Crippen molar-refractivity contribution in [3.8, 4) is 0 Å². The highest BCUT2D eigenvalue weighted by Gasteiger charge is 2.39. The van der Waals surface area contributed by atoms with E-state index in [0.29, 0.717) is 29.7 Å². The second-order valence-corrected chi connectivity index (χ2v) is 7.40. The van der Waals surface area contributed by atoms with Gasteiger partial charge in [0, 0.05) is 19.3 Å². The maximum absolute atomic E-state index is 13.4. The molecular formula is C19H22ClFN6O. The van der Waals surface area contributed by atoms with Gasteiger partial charge in [0.25, 0.3) is 0 Å². The van der Waals surface area contributed by atoms with Crippen LogP contribution in [0.15, 0.2) is 24.4 Å². The summed E-state index contributed by atoms with van der Waals surface area (Å²) in [5.74, 6) is 0.578. The number of carbonyl (C=O) groups excluding carboxylic acids is 1. The van der Waals surface area contributed by atoms with Gasteiger partial charge in [0.2, 0.25) is 5.95 Å². The molecule has 1 aromatic heterocycles. The second-order valence-electron chi connectivity index (χ2n) is 7.00. The van der Waals surface area contributed by atoms with Crippen LogP contribution in [0, 0.1) is 5.82 Å². The number of benzene rings is 1. The van der Waals surface area contributed by atoms with E-state index in [1.54, 1.807) is 29.2 Å². The Morgan fingerprint density at radius 1 is 1.32 bits per heavy atom. The standard InChI is InChI=1S/C19H22ClFN6O/c1-3-26-19(28)25(2)16-11-22-18(23-12-8-9-15(21)14(20)10-12)24-17(16)27(26)13-6-4-5-7-13/h8-11,13H,3-7H2,1-2H3,(H,22,23,24). The molecule has 1 aliphatic carbocycles. The first-order chi connectivity index (χ1) is 13.5. The van der Waals surface area contributed by atoms with Gasteiger partial charge < -0.3 is 5.32 Å². The second kappa shape index (κ2) is 7.43. The highest BCUT2D eigenvalue weighted by atomic mass is 35.5. The summed E-state index contributed by atoms with van der Waals surface area (Å²) in [5.41, 5.74) is 1.26. The molecule has 4 rings (SSSR count). The fourth-order valence-electron chi connectivity index (χ4n) is 3.82. The van der Waals surface area contributed by atoms with E-state index < -0.39 is 5.82 Å². The lowest BCUT2D eigenvalue weighted by molar-refractivity contribution is 0.191. The first-order valence-electron chi connectivity index (χ1n) is 9.43. The van der Waals surface area contributed by atoms with Gasteiger partial charge in [-0.3, -0.25) is 9.91 Å². The summed E-state index contributed by atoms with van der Waals surface area (Å²) in [7, 11) is 1.73. The number of hydrogen-bond acceptors (Lipinski definition) is 5. The molecule has 0 atom stereocenters. The number of hydrazine groups is 1. The molecule has 28 heavy (non-hydrogen) atoms. The summed E-state index contributed by atoms with van der Waals surface area (Å²) < 4.78 is 13.4. The summed E-state index contributed by atoms with van der Waals surface area (Å²) in [5, 5.41) is 6.86. The third kappa shape index (κ3) is 3.22. The first-order valence-corrected chi connectivity index (χ1v) is 9.81. The van der Waals surface area contributed by atoms with Gasteiger partial charge in [0.05, 0.1) is 17.3 Å². The number of aromatic nitrogens is 2. The zero-order valence-electron chi connectivity index (χ0n) is 15.8. The Morgan fingerprint density at radius 2 is 2.07 bits per heavy atom. The quantitative estimate of drug-likeness (QED) is 0.808. The summed E-state index contributed by atoms with van der Waals surface area (Å²) in [6.07, 6.45) is 5.97. The van der Waals surface area contributed by atoms with Gasteiger partial charge >= 0.3 is 6.03 Å². The number of carbonyl (C=O) groups is 1. The van der Waals surface area contributed by atoms with Crippen LogP contribution in [-0.2, 0) is 0 Å². The van der Waals surface area contributed by atoms with Crippen molar-refractivity contribution in [3.63, 3.8) is 0 Å². The highest BCUT2D eigenvalue weighted by molar-refractivity contribution is 6.31. The maximum atomic E-state index is 13.4. The van der Waals surface area contributed by atoms with Crippen LogP contribution in [-0.4, -0.2) is 40.6 Å². The highest BCUT2D eigenvalue weighted by Crippen LogP contribution is 2.38. The van der Waals surface area contributed by atoms with Crippen molar-refractivity contribution in [1.82, 2.24) is 15.0 Å². The van der Waals surface area contributed by atoms with Crippen molar-refractivity contribution in [2.75, 3.05) is 28.8 Å². The van der Waals surface area contributed by atoms with Crippen LogP contribution in [0.4, 0.5) is 32.3 Å². The molecule has 2 aliphatic rings. The first kappa shape index (κ1) is 18.7. The van der Waals surface area contributed by atoms with Gasteiger partial charge in [-0.25, -0.2) is 19.2 Å². The molecule has 1 fully saturated rings. The van der Waals surface area contributed by atoms with Gasteiger partial charge in [-0.15, -0.1) is 0 Å². The van der Waals surface area contributed by atoms with Gasteiger partial charge in [-0.05, 0) is 38.0 Å². The Kier molecular flexibility index (Phi) is 4.97. The molecule has 1 aromatic carbocycles. The van der Waals surface area contributed by atoms with Crippen molar-refractivity contribution in [1.29, 1.82) is 0 Å². The largest absolute Gasteiger partial charge is 0.343 e. The molecule has 7 nitrogen and oxygen atoms in total. The predicted octanol–water partition coefficient (Wildman–Crippen LogP) is 4.57. The minimum atomic E-state index is -0.482. The van der Waals surface area contributed by atoms with Crippen molar-refractivity contribution in [2.24, 2.45) is 0 Å². The van der Waals surface area contributed by atoms with E-state index in [4.69, 9.17) is 16.6 Å². The number of nitrogens with zero attached hydrogens (tertiary/aromatic N) is 5. The Labute approximate surface area is 168 Å². The average molecular weight is 405 g/mol. The number of anilines is 4. The summed E-state index contributed by atoms with van der Waals surface area (Å²) in [6.45, 7) is 2.51. The SMILES string of the molecule is CCN1C(=O)N(C)c2cnc(Nc3ccc(F)c(Cl)c3)nc2N1C1CCCC1. The molecule has 1 aliphatic heterocycles. The molecule has 9 heteroatoms. The van der Waals surface area contributed by atoms with Crippen molar-refractivity contribution in [2.45, 2.75) is 38.6 Å². The minimum Gasteiger partial charge on any atom is -0.324 e. The lowest BCUT2D eigenvalue weighted by atomic mass is 10.2. The maximum Gasteiger partial charge on any atom is 0.343 e. The van der Waals surface area contributed by atoms with Crippen molar-refractivity contribution < 1.29 is 9.18 Å². The van der Waals surface area contributed by atoms with Crippen LogP contribution in [0.1, 0.15) is 32.6 Å². The Balaban J connectivity index is 1.72. The fraction of sp³-hybridized carbons (Fsp3) is 0.421. The van der Waals surface area contributed by atoms with Crippen LogP contribution in [0.5, 0.6) is 0 Å². The Bertz CT molecular complexity index is 904. The number of amides is 2. The van der Waals surface area contributed by atoms with E-state index in [1.807, 2.05) is 11.9 Å². The number of nitrogens with one attached hydrogen (secondary N) is 1. The predicted molar refractivity (Wildman–Crippen MR) is 108 cm³/mol. The van der Waals surface area contributed by atoms with Gasteiger partial charge in [-0.2, -0.15) is 4.98 Å². The fourth-order valence-corrected chi connectivity index (χ4v) is 4.00. The Hall–Kier alpha value is -2.61. The smallest absolute Gasteiger partial charge is 0.324 e. The molecule has 0 saturated heterocycles. The summed E-state index contributed by atoms with van der Waals surface area (Å²) in [6, 6.07) is 4.50. The Morgan fingerprint density at radius 3 is 2.75 bits per heavy atom. The molecule has 0 unspecified atom stereocenters. The molecule has 1 N–H and O–H groups in total. The van der Waals surface area contributed by atoms with E-state index >= 15 is 0 Å². The topological polar surface area (TPSA) is 64.6 Å². The van der Waals surface area contributed by atoms with E-state index in [0.717, 1.165) is 25.7 Å². The number of halogens is 2. The van der Waals surface area contributed by atoms with Crippen molar-refractivity contribution >= 4 is 40.8 Å². The zero-order chi connectivity index (χ0) is 19.8. The molecule has 2 aromatic rings. The van der Waals surface area contributed by atoms with E-state index in [-0.39, 0.29) is 17.1 Å². The molecule has 2 heterocycles. The molecular weight excluding hydrogens is 383 g/mol. The van der Waals surface area contributed by atoms with Crippen molar-refractivity contribution in [3.05, 3.63) is 35.2 Å². The molecule has 0 spiro atoms. The lowest BCUT2D eigenvalue weighted by Crippen LogP contribution is -2.59. The average Bonchev–Trinajstić information content (AvgIpc) is 3.21. The zero-order valence-corrected chi connectivity index (χ0v) is 16.6. The summed E-state index contributed by atoms with van der Waals surface area (Å²) in [4.78, 5) is 23.4. The summed E-state index contributed by atoms with van der Waals surface area (Å²) >= 11 is 5.86. The molecule has 148 valence electrons. The minimum absolute atomic E-state index is 0.0260. The van der Waals surface area contributed by atoms with Gasteiger partial charge in [0.1, 0.15) is 11.5 Å². The van der Waals surface area contributed by atoms with Gasteiger partial charge in [-0.1, -0.05) is 24.4 Å². The van der Waals surface area contributed by atoms with E-state index in [2.05, 4.69) is 10.3 Å². The monoisotopic (exact) mass is 404 g/mol. The van der Waals surface area contributed by atoms with Crippen LogP contribution in [0.3, 0.4) is 0 Å². The third-order valence-corrected chi connectivity index (χ3v) is 5.53. The van der Waals surface area contributed by atoms with E-state index in [1.165, 1.54) is 12.1 Å². The lowest BCUT2D eigenvalue weighted by Gasteiger charge is -2.45. The molecule has 2 amide bonds. The molecule has 1 saturated carbocycles. The molecule has 0 radical (unpaired) electrons. The number of rotatable bonds is 4. The van der Waals surface area contributed by atoms with Crippen LogP contribution in [0.2, 0.25) is 5.02 Å². The molecule has 0 bridgehead atoms.